The predicted molar refractivity (Wildman–Crippen MR) is 80.7 cm³/mol. The molecule has 2 aromatic rings. The number of anilines is 1. The monoisotopic (exact) mass is 385 g/mol. The van der Waals surface area contributed by atoms with Crippen molar-refractivity contribution in [1.29, 1.82) is 0 Å². The van der Waals surface area contributed by atoms with E-state index in [0.29, 0.717) is 15.7 Å². The van der Waals surface area contributed by atoms with Crippen LogP contribution < -0.4 is 5.73 Å². The number of halogens is 3. The molecular formula is C14H10Br2FNO. The van der Waals surface area contributed by atoms with Crippen LogP contribution in [0.4, 0.5) is 10.1 Å². The first kappa shape index (κ1) is 14.2. The van der Waals surface area contributed by atoms with Crippen LogP contribution in [0.5, 0.6) is 0 Å². The second kappa shape index (κ2) is 5.84. The molecule has 2 rings (SSSR count). The smallest absolute Gasteiger partial charge is 0.167 e. The topological polar surface area (TPSA) is 43.1 Å². The standard InChI is InChI=1S/C14H10Br2FNO/c15-10-3-9(4-12(18)6-10)14(19)5-8-1-2-11(17)7-13(8)16/h1-4,6-7H,5,18H2. The normalized spacial score (nSPS) is 10.5. The van der Waals surface area contributed by atoms with E-state index in [2.05, 4.69) is 31.9 Å². The zero-order valence-corrected chi connectivity index (χ0v) is 13.0. The summed E-state index contributed by atoms with van der Waals surface area (Å²) in [6.07, 6.45) is 0.191. The van der Waals surface area contributed by atoms with Gasteiger partial charge in [0.05, 0.1) is 0 Å². The van der Waals surface area contributed by atoms with E-state index < -0.39 is 0 Å². The number of Topliss-reactive ketones (excluding diaryl/α,β-unsaturated/α-hetero) is 1. The van der Waals surface area contributed by atoms with Gasteiger partial charge in [-0.25, -0.2) is 4.39 Å². The molecule has 19 heavy (non-hydrogen) atoms. The van der Waals surface area contributed by atoms with Crippen molar-refractivity contribution in [3.05, 3.63) is 62.3 Å². The summed E-state index contributed by atoms with van der Waals surface area (Å²) in [5.41, 5.74) is 7.49. The highest BCUT2D eigenvalue weighted by Gasteiger charge is 2.11. The highest BCUT2D eigenvalue weighted by atomic mass is 79.9. The quantitative estimate of drug-likeness (QED) is 0.629. The third kappa shape index (κ3) is 3.64. The van der Waals surface area contributed by atoms with Crippen molar-refractivity contribution in [1.82, 2.24) is 0 Å². The summed E-state index contributed by atoms with van der Waals surface area (Å²) in [6.45, 7) is 0. The molecule has 0 heterocycles. The van der Waals surface area contributed by atoms with Gasteiger partial charge < -0.3 is 5.73 Å². The van der Waals surface area contributed by atoms with E-state index in [4.69, 9.17) is 5.73 Å². The first-order valence-electron chi connectivity index (χ1n) is 5.49. The van der Waals surface area contributed by atoms with Gasteiger partial charge in [0.15, 0.2) is 5.78 Å². The number of carbonyl (C=O) groups is 1. The van der Waals surface area contributed by atoms with Crippen LogP contribution in [0.15, 0.2) is 45.3 Å². The van der Waals surface area contributed by atoms with E-state index in [-0.39, 0.29) is 18.0 Å². The van der Waals surface area contributed by atoms with Gasteiger partial charge in [0, 0.05) is 26.6 Å². The number of ketones is 1. The molecule has 0 spiro atoms. The average Bonchev–Trinajstić information content (AvgIpc) is 2.31. The van der Waals surface area contributed by atoms with E-state index in [1.807, 2.05) is 0 Å². The third-order valence-corrected chi connectivity index (χ3v) is 3.80. The summed E-state index contributed by atoms with van der Waals surface area (Å²) in [5, 5.41) is 0. The van der Waals surface area contributed by atoms with Gasteiger partial charge in [-0.1, -0.05) is 37.9 Å². The van der Waals surface area contributed by atoms with Gasteiger partial charge in [-0.05, 0) is 35.9 Å². The molecule has 0 amide bonds. The fourth-order valence-corrected chi connectivity index (χ4v) is 2.72. The molecule has 0 aliphatic heterocycles. The molecule has 0 fully saturated rings. The van der Waals surface area contributed by atoms with Crippen LogP contribution >= 0.6 is 31.9 Å². The molecule has 5 heteroatoms. The van der Waals surface area contributed by atoms with E-state index in [0.717, 1.165) is 10.0 Å². The van der Waals surface area contributed by atoms with Crippen LogP contribution in [0.25, 0.3) is 0 Å². The van der Waals surface area contributed by atoms with Crippen LogP contribution in [-0.4, -0.2) is 5.78 Å². The zero-order chi connectivity index (χ0) is 14.0. The summed E-state index contributed by atoms with van der Waals surface area (Å²) < 4.78 is 14.3. The minimum Gasteiger partial charge on any atom is -0.399 e. The average molecular weight is 387 g/mol. The molecule has 0 bridgehead atoms. The molecule has 0 saturated carbocycles. The van der Waals surface area contributed by atoms with Gasteiger partial charge in [0.25, 0.3) is 0 Å². The van der Waals surface area contributed by atoms with E-state index in [9.17, 15) is 9.18 Å². The van der Waals surface area contributed by atoms with Gasteiger partial charge in [0.1, 0.15) is 5.82 Å². The van der Waals surface area contributed by atoms with E-state index in [1.54, 1.807) is 24.3 Å². The number of rotatable bonds is 3. The number of nitrogens with two attached hydrogens (primary N) is 1. The zero-order valence-electron chi connectivity index (χ0n) is 9.79. The predicted octanol–water partition coefficient (Wildman–Crippen LogP) is 4.36. The first-order valence-corrected chi connectivity index (χ1v) is 7.07. The Morgan fingerprint density at radius 3 is 2.53 bits per heavy atom. The first-order chi connectivity index (χ1) is 8.95. The van der Waals surface area contributed by atoms with Crippen molar-refractivity contribution < 1.29 is 9.18 Å². The Labute approximate surface area is 127 Å². The molecule has 0 unspecified atom stereocenters. The molecule has 0 aliphatic carbocycles. The molecule has 2 N–H and O–H groups in total. The summed E-state index contributed by atoms with van der Waals surface area (Å²) in [4.78, 5) is 12.2. The lowest BCUT2D eigenvalue weighted by atomic mass is 10.0. The lowest BCUT2D eigenvalue weighted by molar-refractivity contribution is 0.0992. The minimum atomic E-state index is -0.338. The maximum Gasteiger partial charge on any atom is 0.167 e. The fourth-order valence-electron chi connectivity index (χ4n) is 1.71. The summed E-state index contributed by atoms with van der Waals surface area (Å²) in [7, 11) is 0. The van der Waals surface area contributed by atoms with Gasteiger partial charge in [-0.15, -0.1) is 0 Å². The van der Waals surface area contributed by atoms with Crippen molar-refractivity contribution >= 4 is 43.3 Å². The highest BCUT2D eigenvalue weighted by Crippen LogP contribution is 2.22. The third-order valence-electron chi connectivity index (χ3n) is 2.61. The molecular weight excluding hydrogens is 377 g/mol. The lowest BCUT2D eigenvalue weighted by Gasteiger charge is -2.06. The van der Waals surface area contributed by atoms with Crippen LogP contribution in [0.2, 0.25) is 0 Å². The second-order valence-electron chi connectivity index (χ2n) is 4.11. The fraction of sp³-hybridized carbons (Fsp3) is 0.0714. The molecule has 0 atom stereocenters. The van der Waals surface area contributed by atoms with Crippen LogP contribution in [-0.2, 0) is 6.42 Å². The molecule has 98 valence electrons. The number of carbonyl (C=O) groups excluding carboxylic acids is 1. The number of benzene rings is 2. The minimum absolute atomic E-state index is 0.0692. The summed E-state index contributed by atoms with van der Waals surface area (Å²) >= 11 is 6.55. The molecule has 0 aromatic heterocycles. The van der Waals surface area contributed by atoms with Gasteiger partial charge in [-0.3, -0.25) is 4.79 Å². The van der Waals surface area contributed by atoms with Gasteiger partial charge in [-0.2, -0.15) is 0 Å². The van der Waals surface area contributed by atoms with E-state index in [1.165, 1.54) is 12.1 Å². The SMILES string of the molecule is Nc1cc(Br)cc(C(=O)Cc2ccc(F)cc2Br)c1. The Hall–Kier alpha value is -1.20. The lowest BCUT2D eigenvalue weighted by Crippen LogP contribution is -2.05. The number of nitrogen functional groups attached to an aromatic ring is 1. The molecule has 0 saturated heterocycles. The maximum atomic E-state index is 13.0. The molecule has 0 radical (unpaired) electrons. The number of hydrogen-bond acceptors (Lipinski definition) is 2. The summed E-state index contributed by atoms with van der Waals surface area (Å²) in [6, 6.07) is 9.35. The second-order valence-corrected chi connectivity index (χ2v) is 5.88. The highest BCUT2D eigenvalue weighted by molar-refractivity contribution is 9.10. The molecule has 2 nitrogen and oxygen atoms in total. The van der Waals surface area contributed by atoms with Crippen LogP contribution in [0.1, 0.15) is 15.9 Å². The van der Waals surface area contributed by atoms with Crippen molar-refractivity contribution in [3.63, 3.8) is 0 Å². The largest absolute Gasteiger partial charge is 0.399 e. The Kier molecular flexibility index (Phi) is 4.37. The van der Waals surface area contributed by atoms with Crippen LogP contribution in [0, 0.1) is 5.82 Å². The Bertz CT molecular complexity index is 623. The molecule has 2 aromatic carbocycles. The van der Waals surface area contributed by atoms with Crippen molar-refractivity contribution in [2.45, 2.75) is 6.42 Å². The van der Waals surface area contributed by atoms with Crippen molar-refractivity contribution in [2.24, 2.45) is 0 Å². The Balaban J connectivity index is 2.25. The van der Waals surface area contributed by atoms with Crippen molar-refractivity contribution in [3.8, 4) is 0 Å². The Morgan fingerprint density at radius 1 is 1.16 bits per heavy atom. The maximum absolute atomic E-state index is 13.0. The Morgan fingerprint density at radius 2 is 1.89 bits per heavy atom. The molecule has 0 aliphatic rings. The summed E-state index contributed by atoms with van der Waals surface area (Å²) in [5.74, 6) is -0.407. The van der Waals surface area contributed by atoms with E-state index >= 15 is 0 Å². The number of hydrogen-bond donors (Lipinski definition) is 1. The van der Waals surface area contributed by atoms with Crippen LogP contribution in [0.3, 0.4) is 0 Å². The van der Waals surface area contributed by atoms with Crippen molar-refractivity contribution in [2.75, 3.05) is 5.73 Å². The van der Waals surface area contributed by atoms with Gasteiger partial charge >= 0.3 is 0 Å². The van der Waals surface area contributed by atoms with Gasteiger partial charge in [0.2, 0.25) is 0 Å².